The Morgan fingerprint density at radius 2 is 2.06 bits per heavy atom. The van der Waals surface area contributed by atoms with Gasteiger partial charge in [0.05, 0.1) is 0 Å². The lowest BCUT2D eigenvalue weighted by molar-refractivity contribution is 0.539. The molecule has 0 aliphatic heterocycles. The second-order valence-electron chi connectivity index (χ2n) is 4.47. The van der Waals surface area contributed by atoms with Crippen molar-refractivity contribution in [3.8, 4) is 0 Å². The molecule has 0 fully saturated rings. The van der Waals surface area contributed by atoms with Crippen molar-refractivity contribution in [2.24, 2.45) is 5.92 Å². The molecule has 4 heteroatoms. The molecule has 0 radical (unpaired) electrons. The summed E-state index contributed by atoms with van der Waals surface area (Å²) in [6.45, 7) is 9.50. The van der Waals surface area contributed by atoms with Crippen molar-refractivity contribution in [2.75, 3.05) is 17.2 Å². The summed E-state index contributed by atoms with van der Waals surface area (Å²) in [4.78, 5) is 8.51. The molecule has 0 amide bonds. The van der Waals surface area contributed by atoms with E-state index in [-0.39, 0.29) is 0 Å². The average Bonchev–Trinajstić information content (AvgIpc) is 2.17. The molecule has 4 nitrogen and oxygen atoms in total. The number of hydrogen-bond acceptors (Lipinski definition) is 4. The van der Waals surface area contributed by atoms with Crippen molar-refractivity contribution in [3.05, 3.63) is 12.3 Å². The molecule has 0 aliphatic rings. The third-order valence-electron chi connectivity index (χ3n) is 2.21. The highest BCUT2D eigenvalue weighted by Gasteiger charge is 2.06. The lowest BCUT2D eigenvalue weighted by Crippen LogP contribution is -2.18. The Labute approximate surface area is 97.9 Å². The molecule has 0 spiro atoms. The van der Waals surface area contributed by atoms with Crippen LogP contribution in [0.15, 0.2) is 12.3 Å². The van der Waals surface area contributed by atoms with Crippen LogP contribution < -0.4 is 10.6 Å². The van der Waals surface area contributed by atoms with Gasteiger partial charge in [-0.2, -0.15) is 4.98 Å². The summed E-state index contributed by atoms with van der Waals surface area (Å²) >= 11 is 0. The van der Waals surface area contributed by atoms with Gasteiger partial charge in [0.25, 0.3) is 0 Å². The quantitative estimate of drug-likeness (QED) is 0.777. The smallest absolute Gasteiger partial charge is 0.224 e. The van der Waals surface area contributed by atoms with Crippen LogP contribution in [-0.4, -0.2) is 22.6 Å². The van der Waals surface area contributed by atoms with Gasteiger partial charge in [0, 0.05) is 18.8 Å². The first kappa shape index (κ1) is 12.7. The van der Waals surface area contributed by atoms with Crippen LogP contribution in [-0.2, 0) is 0 Å². The molecule has 1 unspecified atom stereocenters. The number of hydrogen-bond donors (Lipinski definition) is 2. The summed E-state index contributed by atoms with van der Waals surface area (Å²) in [5.41, 5.74) is 0. The molecule has 0 aliphatic carbocycles. The Morgan fingerprint density at radius 1 is 1.31 bits per heavy atom. The van der Waals surface area contributed by atoms with Crippen LogP contribution in [0.3, 0.4) is 0 Å². The molecule has 1 heterocycles. The van der Waals surface area contributed by atoms with Gasteiger partial charge in [-0.1, -0.05) is 13.8 Å². The zero-order chi connectivity index (χ0) is 12.0. The topological polar surface area (TPSA) is 49.8 Å². The monoisotopic (exact) mass is 222 g/mol. The Kier molecular flexibility index (Phi) is 5.02. The summed E-state index contributed by atoms with van der Waals surface area (Å²) in [7, 11) is 0. The van der Waals surface area contributed by atoms with Crippen LogP contribution in [0.2, 0.25) is 0 Å². The Balaban J connectivity index is 2.55. The van der Waals surface area contributed by atoms with Crippen molar-refractivity contribution in [3.63, 3.8) is 0 Å². The fourth-order valence-corrected chi connectivity index (χ4v) is 1.70. The summed E-state index contributed by atoms with van der Waals surface area (Å²) in [5, 5.41) is 6.48. The predicted octanol–water partition coefficient (Wildman–Crippen LogP) is 2.75. The van der Waals surface area contributed by atoms with E-state index in [0.29, 0.717) is 17.9 Å². The first-order valence-corrected chi connectivity index (χ1v) is 5.95. The van der Waals surface area contributed by atoms with E-state index in [1.54, 1.807) is 6.20 Å². The summed E-state index contributed by atoms with van der Waals surface area (Å²) in [5.74, 6) is 2.26. The third-order valence-corrected chi connectivity index (χ3v) is 2.21. The molecule has 0 bridgehead atoms. The molecule has 0 saturated carbocycles. The van der Waals surface area contributed by atoms with E-state index in [1.807, 2.05) is 13.0 Å². The van der Waals surface area contributed by atoms with E-state index in [2.05, 4.69) is 41.4 Å². The van der Waals surface area contributed by atoms with E-state index in [1.165, 1.54) is 0 Å². The molecule has 1 aromatic rings. The van der Waals surface area contributed by atoms with Gasteiger partial charge in [-0.25, -0.2) is 4.98 Å². The average molecular weight is 222 g/mol. The maximum atomic E-state index is 4.38. The van der Waals surface area contributed by atoms with Crippen LogP contribution in [0.1, 0.15) is 34.1 Å². The highest BCUT2D eigenvalue weighted by Crippen LogP contribution is 2.11. The molecule has 0 saturated heterocycles. The van der Waals surface area contributed by atoms with E-state index >= 15 is 0 Å². The minimum atomic E-state index is 0.435. The second kappa shape index (κ2) is 6.30. The van der Waals surface area contributed by atoms with Crippen LogP contribution >= 0.6 is 0 Å². The minimum absolute atomic E-state index is 0.435. The van der Waals surface area contributed by atoms with Gasteiger partial charge < -0.3 is 10.6 Å². The van der Waals surface area contributed by atoms with Crippen molar-refractivity contribution >= 4 is 11.8 Å². The van der Waals surface area contributed by atoms with Crippen molar-refractivity contribution in [1.29, 1.82) is 0 Å². The molecule has 90 valence electrons. The SMILES string of the molecule is CCNc1nccc(NC(C)CC(C)C)n1. The number of nitrogens with one attached hydrogen (secondary N) is 2. The third kappa shape index (κ3) is 4.47. The van der Waals surface area contributed by atoms with Gasteiger partial charge in [0.2, 0.25) is 5.95 Å². The minimum Gasteiger partial charge on any atom is -0.367 e. The van der Waals surface area contributed by atoms with Gasteiger partial charge in [0.15, 0.2) is 0 Å². The molecule has 0 aromatic carbocycles. The fraction of sp³-hybridized carbons (Fsp3) is 0.667. The van der Waals surface area contributed by atoms with Gasteiger partial charge in [0.1, 0.15) is 5.82 Å². The predicted molar refractivity (Wildman–Crippen MR) is 68.7 cm³/mol. The molecule has 16 heavy (non-hydrogen) atoms. The highest BCUT2D eigenvalue weighted by molar-refractivity contribution is 5.40. The number of aromatic nitrogens is 2. The zero-order valence-electron chi connectivity index (χ0n) is 10.6. The van der Waals surface area contributed by atoms with Gasteiger partial charge in [-0.3, -0.25) is 0 Å². The standard InChI is InChI=1S/C12H22N4/c1-5-13-12-14-7-6-11(16-12)15-10(4)8-9(2)3/h6-7,9-10H,5,8H2,1-4H3,(H2,13,14,15,16). The van der Waals surface area contributed by atoms with Gasteiger partial charge in [-0.05, 0) is 32.3 Å². The second-order valence-corrected chi connectivity index (χ2v) is 4.47. The molecule has 2 N–H and O–H groups in total. The first-order valence-electron chi connectivity index (χ1n) is 5.95. The highest BCUT2D eigenvalue weighted by atomic mass is 15.1. The summed E-state index contributed by atoms with van der Waals surface area (Å²) < 4.78 is 0. The Hall–Kier alpha value is -1.32. The van der Waals surface area contributed by atoms with Crippen LogP contribution in [0.25, 0.3) is 0 Å². The normalized spacial score (nSPS) is 12.6. The summed E-state index contributed by atoms with van der Waals surface area (Å²) in [6, 6.07) is 2.34. The lowest BCUT2D eigenvalue weighted by atomic mass is 10.1. The Morgan fingerprint density at radius 3 is 2.69 bits per heavy atom. The number of nitrogens with zero attached hydrogens (tertiary/aromatic N) is 2. The van der Waals surface area contributed by atoms with Crippen LogP contribution in [0.5, 0.6) is 0 Å². The van der Waals surface area contributed by atoms with Crippen molar-refractivity contribution in [1.82, 2.24) is 9.97 Å². The van der Waals surface area contributed by atoms with E-state index in [4.69, 9.17) is 0 Å². The van der Waals surface area contributed by atoms with Gasteiger partial charge in [-0.15, -0.1) is 0 Å². The fourth-order valence-electron chi connectivity index (χ4n) is 1.70. The molecular weight excluding hydrogens is 200 g/mol. The summed E-state index contributed by atoms with van der Waals surface area (Å²) in [6.07, 6.45) is 2.91. The maximum absolute atomic E-state index is 4.38. The zero-order valence-corrected chi connectivity index (χ0v) is 10.6. The van der Waals surface area contributed by atoms with Crippen LogP contribution in [0, 0.1) is 5.92 Å². The Bertz CT molecular complexity index is 312. The number of anilines is 2. The molecule has 1 atom stereocenters. The van der Waals surface area contributed by atoms with Crippen LogP contribution in [0.4, 0.5) is 11.8 Å². The van der Waals surface area contributed by atoms with Crippen molar-refractivity contribution < 1.29 is 0 Å². The van der Waals surface area contributed by atoms with E-state index in [0.717, 1.165) is 18.8 Å². The largest absolute Gasteiger partial charge is 0.367 e. The first-order chi connectivity index (χ1) is 7.61. The molecule has 1 rings (SSSR count). The van der Waals surface area contributed by atoms with E-state index in [9.17, 15) is 0 Å². The molecule has 1 aromatic heterocycles. The van der Waals surface area contributed by atoms with Crippen molar-refractivity contribution in [2.45, 2.75) is 40.2 Å². The van der Waals surface area contributed by atoms with Gasteiger partial charge >= 0.3 is 0 Å². The number of rotatable bonds is 6. The van der Waals surface area contributed by atoms with E-state index < -0.39 is 0 Å². The molecular formula is C12H22N4. The lowest BCUT2D eigenvalue weighted by Gasteiger charge is -2.16. The maximum Gasteiger partial charge on any atom is 0.224 e.